The largest absolute Gasteiger partial charge is 0.448 e. The number of likely N-dealkylation sites (N-methyl/N-ethyl adjacent to an activating group) is 1. The molecule has 2 aliphatic heterocycles. The number of cyclic esters (lactones) is 1. The molecule has 6 nitrogen and oxygen atoms in total. The molecule has 2 atom stereocenters. The van der Waals surface area contributed by atoms with Crippen molar-refractivity contribution in [2.24, 2.45) is 0 Å². The van der Waals surface area contributed by atoms with Crippen LogP contribution in [0.4, 0.5) is 0 Å². The van der Waals surface area contributed by atoms with E-state index in [0.29, 0.717) is 18.4 Å². The minimum atomic E-state index is -3.07. The number of rotatable bonds is 2. The maximum Gasteiger partial charge on any atom is 0.339 e. The Kier molecular flexibility index (Phi) is 3.68. The van der Waals surface area contributed by atoms with E-state index in [1.807, 2.05) is 6.07 Å². The highest BCUT2D eigenvalue weighted by Gasteiger charge is 2.38. The van der Waals surface area contributed by atoms with Crippen LogP contribution in [-0.2, 0) is 25.8 Å². The first-order chi connectivity index (χ1) is 10.4. The van der Waals surface area contributed by atoms with E-state index in [0.717, 1.165) is 5.56 Å². The predicted molar refractivity (Wildman–Crippen MR) is 79.2 cm³/mol. The van der Waals surface area contributed by atoms with Crippen LogP contribution in [0, 0.1) is 0 Å². The summed E-state index contributed by atoms with van der Waals surface area (Å²) in [7, 11) is -1.49. The van der Waals surface area contributed by atoms with Crippen molar-refractivity contribution in [1.82, 2.24) is 4.90 Å². The maximum atomic E-state index is 12.5. The van der Waals surface area contributed by atoms with Crippen LogP contribution in [0.15, 0.2) is 24.3 Å². The van der Waals surface area contributed by atoms with Crippen LogP contribution in [0.2, 0.25) is 0 Å². The number of carbonyl (C=O) groups excluding carboxylic acids is 2. The Morgan fingerprint density at radius 3 is 2.73 bits per heavy atom. The molecule has 0 radical (unpaired) electrons. The second-order valence-corrected chi connectivity index (χ2v) is 7.99. The number of esters is 1. The number of fused-ring (bicyclic) bond motifs is 1. The van der Waals surface area contributed by atoms with Crippen molar-refractivity contribution in [3.63, 3.8) is 0 Å². The van der Waals surface area contributed by atoms with Gasteiger partial charge in [0.25, 0.3) is 5.91 Å². The van der Waals surface area contributed by atoms with Crippen LogP contribution in [0.25, 0.3) is 0 Å². The Bertz CT molecular complexity index is 727. The number of nitrogens with zero attached hydrogens (tertiary/aromatic N) is 1. The molecule has 1 amide bonds. The number of hydrogen-bond donors (Lipinski definition) is 0. The minimum Gasteiger partial charge on any atom is -0.448 e. The average Bonchev–Trinajstić information content (AvgIpc) is 2.86. The van der Waals surface area contributed by atoms with Crippen molar-refractivity contribution < 1.29 is 22.7 Å². The van der Waals surface area contributed by atoms with Crippen LogP contribution in [-0.4, -0.2) is 55.9 Å². The number of hydrogen-bond acceptors (Lipinski definition) is 5. The number of amides is 1. The van der Waals surface area contributed by atoms with Crippen molar-refractivity contribution in [1.29, 1.82) is 0 Å². The molecular formula is C15H17NO5S. The molecule has 7 heteroatoms. The topological polar surface area (TPSA) is 80.8 Å². The highest BCUT2D eigenvalue weighted by molar-refractivity contribution is 7.91. The van der Waals surface area contributed by atoms with E-state index in [1.165, 1.54) is 4.90 Å². The molecule has 2 aliphatic rings. The maximum absolute atomic E-state index is 12.5. The zero-order chi connectivity index (χ0) is 15.9. The van der Waals surface area contributed by atoms with E-state index in [2.05, 4.69) is 0 Å². The summed E-state index contributed by atoms with van der Waals surface area (Å²) in [6.45, 7) is 0. The van der Waals surface area contributed by atoms with Crippen molar-refractivity contribution in [2.75, 3.05) is 18.6 Å². The molecule has 3 rings (SSSR count). The van der Waals surface area contributed by atoms with Gasteiger partial charge in [-0.3, -0.25) is 4.79 Å². The van der Waals surface area contributed by atoms with E-state index in [4.69, 9.17) is 4.74 Å². The summed E-state index contributed by atoms with van der Waals surface area (Å²) in [4.78, 5) is 25.9. The molecule has 1 saturated heterocycles. The highest BCUT2D eigenvalue weighted by Crippen LogP contribution is 2.23. The molecule has 0 N–H and O–H groups in total. The Balaban J connectivity index is 1.75. The molecule has 0 aromatic heterocycles. The normalized spacial score (nSPS) is 26.1. The molecule has 1 aromatic rings. The van der Waals surface area contributed by atoms with Crippen molar-refractivity contribution in [2.45, 2.75) is 25.0 Å². The van der Waals surface area contributed by atoms with Gasteiger partial charge in [0, 0.05) is 19.5 Å². The first-order valence-corrected chi connectivity index (χ1v) is 8.95. The predicted octanol–water partition coefficient (Wildman–Crippen LogP) is 0.414. The Morgan fingerprint density at radius 2 is 2.05 bits per heavy atom. The summed E-state index contributed by atoms with van der Waals surface area (Å²) in [5.74, 6) is -0.771. The Labute approximate surface area is 129 Å². The van der Waals surface area contributed by atoms with Gasteiger partial charge in [-0.1, -0.05) is 18.2 Å². The molecular weight excluding hydrogens is 306 g/mol. The van der Waals surface area contributed by atoms with E-state index in [-0.39, 0.29) is 23.5 Å². The molecule has 118 valence electrons. The van der Waals surface area contributed by atoms with Crippen molar-refractivity contribution in [3.8, 4) is 0 Å². The third-order valence-electron chi connectivity index (χ3n) is 4.27. The third kappa shape index (κ3) is 2.72. The number of ether oxygens (including phenoxy) is 1. The molecule has 0 unspecified atom stereocenters. The van der Waals surface area contributed by atoms with Gasteiger partial charge < -0.3 is 9.64 Å². The number of sulfone groups is 1. The minimum absolute atomic E-state index is 0.0213. The van der Waals surface area contributed by atoms with Crippen LogP contribution < -0.4 is 0 Å². The monoisotopic (exact) mass is 323 g/mol. The molecule has 22 heavy (non-hydrogen) atoms. The molecule has 0 saturated carbocycles. The fourth-order valence-corrected chi connectivity index (χ4v) is 4.73. The van der Waals surface area contributed by atoms with Crippen molar-refractivity contribution in [3.05, 3.63) is 35.4 Å². The quantitative estimate of drug-likeness (QED) is 0.737. The zero-order valence-electron chi connectivity index (χ0n) is 12.2. The standard InChI is InChI=1S/C15H17NO5S/c1-16(11-6-7-22(19,20)9-11)14(17)13-8-10-4-2-3-5-12(10)15(18)21-13/h2-5,11,13H,6-9H2,1H3/t11-,13-/m1/s1. The Morgan fingerprint density at radius 1 is 1.32 bits per heavy atom. The molecule has 0 spiro atoms. The lowest BCUT2D eigenvalue weighted by Gasteiger charge is -2.30. The summed E-state index contributed by atoms with van der Waals surface area (Å²) >= 11 is 0. The van der Waals surface area contributed by atoms with Gasteiger partial charge in [-0.15, -0.1) is 0 Å². The molecule has 0 bridgehead atoms. The van der Waals surface area contributed by atoms with Gasteiger partial charge in [-0.25, -0.2) is 13.2 Å². The smallest absolute Gasteiger partial charge is 0.339 e. The van der Waals surface area contributed by atoms with Gasteiger partial charge >= 0.3 is 5.97 Å². The van der Waals surface area contributed by atoms with Crippen LogP contribution in [0.3, 0.4) is 0 Å². The van der Waals surface area contributed by atoms with Gasteiger partial charge in [0.2, 0.25) is 0 Å². The zero-order valence-corrected chi connectivity index (χ0v) is 13.0. The molecule has 1 fully saturated rings. The summed E-state index contributed by atoms with van der Waals surface area (Å²) in [5, 5.41) is 0. The van der Waals surface area contributed by atoms with E-state index in [9.17, 15) is 18.0 Å². The first-order valence-electron chi connectivity index (χ1n) is 7.13. The highest BCUT2D eigenvalue weighted by atomic mass is 32.2. The number of benzene rings is 1. The molecule has 1 aromatic carbocycles. The summed E-state index contributed by atoms with van der Waals surface area (Å²) < 4.78 is 28.3. The third-order valence-corrected chi connectivity index (χ3v) is 6.02. The second kappa shape index (κ2) is 5.39. The summed E-state index contributed by atoms with van der Waals surface area (Å²) in [6, 6.07) is 6.69. The average molecular weight is 323 g/mol. The fourth-order valence-electron chi connectivity index (χ4n) is 2.96. The van der Waals surface area contributed by atoms with Crippen LogP contribution in [0.5, 0.6) is 0 Å². The van der Waals surface area contributed by atoms with Crippen molar-refractivity contribution >= 4 is 21.7 Å². The fraction of sp³-hybridized carbons (Fsp3) is 0.467. The van der Waals surface area contributed by atoms with Gasteiger partial charge in [0.1, 0.15) is 0 Å². The SMILES string of the molecule is CN(C(=O)[C@H]1Cc2ccccc2C(=O)O1)[C@@H]1CCS(=O)(=O)C1. The van der Waals surface area contributed by atoms with E-state index < -0.39 is 21.9 Å². The van der Waals surface area contributed by atoms with Gasteiger partial charge in [-0.05, 0) is 18.1 Å². The molecule has 2 heterocycles. The molecule has 0 aliphatic carbocycles. The van der Waals surface area contributed by atoms with E-state index >= 15 is 0 Å². The van der Waals surface area contributed by atoms with Crippen LogP contribution in [0.1, 0.15) is 22.3 Å². The van der Waals surface area contributed by atoms with Crippen LogP contribution >= 0.6 is 0 Å². The Hall–Kier alpha value is -1.89. The van der Waals surface area contributed by atoms with Gasteiger partial charge in [0.15, 0.2) is 15.9 Å². The summed E-state index contributed by atoms with van der Waals surface area (Å²) in [6.07, 6.45) is -0.123. The van der Waals surface area contributed by atoms with Gasteiger partial charge in [0.05, 0.1) is 17.1 Å². The number of carbonyl (C=O) groups is 2. The first kappa shape index (κ1) is 15.0. The summed E-state index contributed by atoms with van der Waals surface area (Å²) in [5.41, 5.74) is 1.27. The lowest BCUT2D eigenvalue weighted by Crippen LogP contribution is -2.47. The van der Waals surface area contributed by atoms with Gasteiger partial charge in [-0.2, -0.15) is 0 Å². The second-order valence-electron chi connectivity index (χ2n) is 5.76. The lowest BCUT2D eigenvalue weighted by atomic mass is 9.98. The lowest BCUT2D eigenvalue weighted by molar-refractivity contribution is -0.141. The van der Waals surface area contributed by atoms with E-state index in [1.54, 1.807) is 25.2 Å².